The van der Waals surface area contributed by atoms with E-state index in [1.807, 2.05) is 0 Å². The molecule has 15 heavy (non-hydrogen) atoms. The molecule has 0 radical (unpaired) electrons. The molecule has 2 rings (SSSR count). The van der Waals surface area contributed by atoms with Crippen molar-refractivity contribution < 1.29 is 4.74 Å². The fourth-order valence-electron chi connectivity index (χ4n) is 1.97. The van der Waals surface area contributed by atoms with Crippen LogP contribution >= 0.6 is 0 Å². The number of fused-ring (bicyclic) bond motifs is 1. The fourth-order valence-corrected chi connectivity index (χ4v) is 1.97. The molecule has 1 aliphatic rings. The maximum absolute atomic E-state index is 5.62. The number of hydrogen-bond acceptors (Lipinski definition) is 3. The molecular weight excluding hydrogens is 188 g/mol. The summed E-state index contributed by atoms with van der Waals surface area (Å²) in [5, 5.41) is 0. The minimum absolute atomic E-state index is 0.700. The summed E-state index contributed by atoms with van der Waals surface area (Å²) in [6.07, 6.45) is 0.935. The number of hydrogen-bond donors (Lipinski definition) is 1. The fraction of sp³-hybridized carbons (Fsp3) is 0.500. The van der Waals surface area contributed by atoms with E-state index in [1.54, 1.807) is 0 Å². The molecule has 1 heterocycles. The van der Waals surface area contributed by atoms with Gasteiger partial charge < -0.3 is 15.4 Å². The molecule has 1 aliphatic heterocycles. The van der Waals surface area contributed by atoms with Gasteiger partial charge in [0.15, 0.2) is 0 Å². The lowest BCUT2D eigenvalue weighted by Gasteiger charge is -2.30. The van der Waals surface area contributed by atoms with Gasteiger partial charge in [0.2, 0.25) is 0 Å². The third-order valence-corrected chi connectivity index (χ3v) is 2.80. The first-order valence-electron chi connectivity index (χ1n) is 5.56. The van der Waals surface area contributed by atoms with Gasteiger partial charge in [0.25, 0.3) is 0 Å². The van der Waals surface area contributed by atoms with Crippen LogP contribution in [0.4, 0.5) is 5.69 Å². The zero-order chi connectivity index (χ0) is 10.7. The highest BCUT2D eigenvalue weighted by Gasteiger charge is 2.16. The van der Waals surface area contributed by atoms with Gasteiger partial charge in [0, 0.05) is 6.54 Å². The molecule has 0 fully saturated rings. The number of likely N-dealkylation sites (N-methyl/N-ethyl adjacent to an activating group) is 1. The van der Waals surface area contributed by atoms with Crippen molar-refractivity contribution >= 4 is 5.69 Å². The van der Waals surface area contributed by atoms with Gasteiger partial charge in [-0.25, -0.2) is 0 Å². The third-order valence-electron chi connectivity index (χ3n) is 2.80. The topological polar surface area (TPSA) is 38.5 Å². The Morgan fingerprint density at radius 1 is 1.47 bits per heavy atom. The van der Waals surface area contributed by atoms with E-state index in [2.05, 4.69) is 30.0 Å². The van der Waals surface area contributed by atoms with E-state index in [0.717, 1.165) is 31.9 Å². The molecule has 0 aliphatic carbocycles. The van der Waals surface area contributed by atoms with E-state index in [-0.39, 0.29) is 0 Å². The minimum atomic E-state index is 0.700. The molecule has 1 aromatic rings. The lowest BCUT2D eigenvalue weighted by atomic mass is 10.1. The summed E-state index contributed by atoms with van der Waals surface area (Å²) in [7, 11) is 0. The van der Waals surface area contributed by atoms with Gasteiger partial charge in [-0.05, 0) is 37.6 Å². The Kier molecular flexibility index (Phi) is 3.11. The lowest BCUT2D eigenvalue weighted by Crippen LogP contribution is -2.32. The molecule has 3 heteroatoms. The van der Waals surface area contributed by atoms with E-state index in [4.69, 9.17) is 10.5 Å². The van der Waals surface area contributed by atoms with Crippen LogP contribution in [0.3, 0.4) is 0 Å². The summed E-state index contributed by atoms with van der Waals surface area (Å²) >= 11 is 0. The van der Waals surface area contributed by atoms with Crippen LogP contribution in [0.2, 0.25) is 0 Å². The minimum Gasteiger partial charge on any atom is -0.490 e. The second kappa shape index (κ2) is 4.53. The van der Waals surface area contributed by atoms with Crippen LogP contribution in [0.5, 0.6) is 5.75 Å². The Balaban J connectivity index is 2.30. The van der Waals surface area contributed by atoms with Crippen molar-refractivity contribution in [3.8, 4) is 5.75 Å². The molecule has 82 valence electrons. The molecule has 0 bridgehead atoms. The average Bonchev–Trinajstić information content (AvgIpc) is 2.28. The van der Waals surface area contributed by atoms with E-state index in [0.29, 0.717) is 6.54 Å². The van der Waals surface area contributed by atoms with Crippen LogP contribution in [0.25, 0.3) is 0 Å². The Morgan fingerprint density at radius 3 is 3.07 bits per heavy atom. The van der Waals surface area contributed by atoms with Gasteiger partial charge in [-0.2, -0.15) is 0 Å². The van der Waals surface area contributed by atoms with Crippen molar-refractivity contribution in [2.75, 3.05) is 31.1 Å². The summed E-state index contributed by atoms with van der Waals surface area (Å²) in [5.74, 6) is 1.00. The third kappa shape index (κ3) is 2.07. The van der Waals surface area contributed by atoms with Crippen LogP contribution in [-0.2, 0) is 6.42 Å². The van der Waals surface area contributed by atoms with Crippen LogP contribution in [0.1, 0.15) is 12.5 Å². The number of anilines is 1. The van der Waals surface area contributed by atoms with Crippen molar-refractivity contribution in [3.63, 3.8) is 0 Å². The Hall–Kier alpha value is -1.22. The molecule has 2 N–H and O–H groups in total. The average molecular weight is 206 g/mol. The Morgan fingerprint density at radius 2 is 2.33 bits per heavy atom. The van der Waals surface area contributed by atoms with E-state index >= 15 is 0 Å². The predicted octanol–water partition coefficient (Wildman–Crippen LogP) is 1.41. The van der Waals surface area contributed by atoms with Gasteiger partial charge >= 0.3 is 0 Å². The highest BCUT2D eigenvalue weighted by Crippen LogP contribution is 2.32. The van der Waals surface area contributed by atoms with Crippen molar-refractivity contribution in [1.29, 1.82) is 0 Å². The summed E-state index contributed by atoms with van der Waals surface area (Å²) in [4.78, 5) is 2.35. The van der Waals surface area contributed by atoms with Crippen LogP contribution in [0, 0.1) is 0 Å². The molecule has 0 atom stereocenters. The van der Waals surface area contributed by atoms with Crippen LogP contribution < -0.4 is 15.4 Å². The van der Waals surface area contributed by atoms with Gasteiger partial charge in [0.1, 0.15) is 12.4 Å². The Bertz CT molecular complexity index is 338. The number of nitrogens with two attached hydrogens (primary N) is 1. The normalized spacial score (nSPS) is 14.7. The lowest BCUT2D eigenvalue weighted by molar-refractivity contribution is 0.308. The van der Waals surface area contributed by atoms with E-state index < -0.39 is 0 Å². The second-order valence-corrected chi connectivity index (χ2v) is 3.77. The SMILES string of the molecule is CCN1CCOc2ccc(CCN)cc21. The molecule has 0 amide bonds. The maximum atomic E-state index is 5.62. The number of ether oxygens (including phenoxy) is 1. The largest absolute Gasteiger partial charge is 0.490 e. The molecule has 0 saturated carbocycles. The van der Waals surface area contributed by atoms with Gasteiger partial charge in [0.05, 0.1) is 12.2 Å². The number of benzene rings is 1. The van der Waals surface area contributed by atoms with Crippen LogP contribution in [0.15, 0.2) is 18.2 Å². The predicted molar refractivity (Wildman–Crippen MR) is 62.6 cm³/mol. The number of nitrogens with zero attached hydrogens (tertiary/aromatic N) is 1. The first-order valence-corrected chi connectivity index (χ1v) is 5.56. The molecular formula is C12H18N2O. The van der Waals surface area contributed by atoms with Crippen molar-refractivity contribution in [2.24, 2.45) is 5.73 Å². The quantitative estimate of drug-likeness (QED) is 0.812. The highest BCUT2D eigenvalue weighted by molar-refractivity contribution is 5.61. The van der Waals surface area contributed by atoms with Gasteiger partial charge in [-0.3, -0.25) is 0 Å². The Labute approximate surface area is 90.8 Å². The zero-order valence-electron chi connectivity index (χ0n) is 9.20. The summed E-state index contributed by atoms with van der Waals surface area (Å²) in [5.41, 5.74) is 8.07. The summed E-state index contributed by atoms with van der Waals surface area (Å²) in [6, 6.07) is 6.36. The molecule has 1 aromatic carbocycles. The highest BCUT2D eigenvalue weighted by atomic mass is 16.5. The first kappa shape index (κ1) is 10.3. The number of rotatable bonds is 3. The van der Waals surface area contributed by atoms with Gasteiger partial charge in [-0.1, -0.05) is 6.07 Å². The summed E-state index contributed by atoms with van der Waals surface area (Å²) < 4.78 is 5.62. The zero-order valence-corrected chi connectivity index (χ0v) is 9.20. The molecule has 0 saturated heterocycles. The first-order chi connectivity index (χ1) is 7.35. The maximum Gasteiger partial charge on any atom is 0.142 e. The van der Waals surface area contributed by atoms with Crippen molar-refractivity contribution in [3.05, 3.63) is 23.8 Å². The smallest absolute Gasteiger partial charge is 0.142 e. The molecule has 0 spiro atoms. The monoisotopic (exact) mass is 206 g/mol. The summed E-state index contributed by atoms with van der Waals surface area (Å²) in [6.45, 7) is 5.67. The standard InChI is InChI=1S/C12H18N2O/c1-2-14-7-8-15-12-4-3-10(5-6-13)9-11(12)14/h3-4,9H,2,5-8,13H2,1H3. The van der Waals surface area contributed by atoms with Crippen molar-refractivity contribution in [1.82, 2.24) is 0 Å². The second-order valence-electron chi connectivity index (χ2n) is 3.77. The van der Waals surface area contributed by atoms with Crippen LogP contribution in [-0.4, -0.2) is 26.2 Å². The van der Waals surface area contributed by atoms with Gasteiger partial charge in [-0.15, -0.1) is 0 Å². The molecule has 3 nitrogen and oxygen atoms in total. The van der Waals surface area contributed by atoms with E-state index in [9.17, 15) is 0 Å². The van der Waals surface area contributed by atoms with E-state index in [1.165, 1.54) is 11.3 Å². The molecule has 0 unspecified atom stereocenters. The molecule has 0 aromatic heterocycles. The van der Waals surface area contributed by atoms with Crippen molar-refractivity contribution in [2.45, 2.75) is 13.3 Å².